The van der Waals surface area contributed by atoms with Gasteiger partial charge in [0.05, 0.1) is 24.4 Å². The Hall–Kier alpha value is -2.78. The van der Waals surface area contributed by atoms with Crippen LogP contribution in [0.2, 0.25) is 0 Å². The number of nitrogens with one attached hydrogen (secondary N) is 2. The number of rotatable bonds is 4. The van der Waals surface area contributed by atoms with Crippen LogP contribution in [0.1, 0.15) is 10.4 Å². The first kappa shape index (κ1) is 18.0. The van der Waals surface area contributed by atoms with Crippen molar-refractivity contribution in [3.8, 4) is 11.5 Å². The van der Waals surface area contributed by atoms with Crippen molar-refractivity contribution in [1.29, 1.82) is 0 Å². The van der Waals surface area contributed by atoms with Crippen molar-refractivity contribution >= 4 is 49.9 Å². The second-order valence-electron chi connectivity index (χ2n) is 5.08. The molecule has 1 aromatic heterocycles. The molecule has 0 fully saturated rings. The quantitative estimate of drug-likeness (QED) is 0.663. The summed E-state index contributed by atoms with van der Waals surface area (Å²) in [5.41, 5.74) is 0.868. The van der Waals surface area contributed by atoms with Crippen molar-refractivity contribution in [1.82, 2.24) is 10.3 Å². The van der Waals surface area contributed by atoms with Gasteiger partial charge in [-0.3, -0.25) is 10.1 Å². The number of amides is 1. The molecule has 2 N–H and O–H groups in total. The fourth-order valence-electron chi connectivity index (χ4n) is 2.32. The van der Waals surface area contributed by atoms with Crippen molar-refractivity contribution in [2.75, 3.05) is 19.5 Å². The van der Waals surface area contributed by atoms with Gasteiger partial charge in [0.1, 0.15) is 22.9 Å². The Morgan fingerprint density at radius 1 is 1.19 bits per heavy atom. The fourth-order valence-corrected chi connectivity index (χ4v) is 3.47. The molecule has 2 aromatic carbocycles. The highest BCUT2D eigenvalue weighted by Gasteiger charge is 2.19. The Kier molecular flexibility index (Phi) is 5.29. The molecule has 9 heteroatoms. The zero-order valence-corrected chi connectivity index (χ0v) is 15.5. The van der Waals surface area contributed by atoms with Crippen LogP contribution in [0.3, 0.4) is 0 Å². The van der Waals surface area contributed by atoms with E-state index >= 15 is 0 Å². The summed E-state index contributed by atoms with van der Waals surface area (Å²) in [7, 11) is 2.92. The van der Waals surface area contributed by atoms with Crippen molar-refractivity contribution in [2.45, 2.75) is 0 Å². The van der Waals surface area contributed by atoms with E-state index in [2.05, 4.69) is 15.6 Å². The van der Waals surface area contributed by atoms with Crippen LogP contribution in [0.4, 0.5) is 9.52 Å². The number of hydrogen-bond donors (Lipinski definition) is 2. The van der Waals surface area contributed by atoms with Crippen LogP contribution >= 0.6 is 23.6 Å². The zero-order chi connectivity index (χ0) is 18.7. The Balaban J connectivity index is 1.76. The summed E-state index contributed by atoms with van der Waals surface area (Å²) in [4.78, 5) is 16.9. The van der Waals surface area contributed by atoms with Gasteiger partial charge in [-0.15, -0.1) is 0 Å². The molecule has 0 unspecified atom stereocenters. The van der Waals surface area contributed by atoms with Gasteiger partial charge in [0, 0.05) is 0 Å². The molecule has 0 aliphatic heterocycles. The number of halogens is 1. The van der Waals surface area contributed by atoms with Crippen LogP contribution < -0.4 is 20.1 Å². The van der Waals surface area contributed by atoms with Gasteiger partial charge in [-0.2, -0.15) is 0 Å². The Morgan fingerprint density at radius 2 is 1.88 bits per heavy atom. The molecule has 0 aliphatic carbocycles. The van der Waals surface area contributed by atoms with Gasteiger partial charge in [0.2, 0.25) is 0 Å². The van der Waals surface area contributed by atoms with E-state index in [9.17, 15) is 9.18 Å². The van der Waals surface area contributed by atoms with Gasteiger partial charge in [-0.25, -0.2) is 9.37 Å². The lowest BCUT2D eigenvalue weighted by Crippen LogP contribution is -2.34. The molecule has 26 heavy (non-hydrogen) atoms. The largest absolute Gasteiger partial charge is 0.496 e. The molecule has 0 atom stereocenters. The molecule has 0 aliphatic rings. The molecular formula is C17H14FN3O3S2. The molecule has 3 rings (SSSR count). The maximum absolute atomic E-state index is 13.3. The SMILES string of the molecule is COc1cccc(OC)c1C(=O)NC(=S)Nc1nc2ccc(F)cc2s1. The summed E-state index contributed by atoms with van der Waals surface area (Å²) in [5.74, 6) is -0.101. The zero-order valence-electron chi connectivity index (χ0n) is 13.8. The number of nitrogens with zero attached hydrogens (tertiary/aromatic N) is 1. The molecule has 0 spiro atoms. The summed E-state index contributed by atoms with van der Waals surface area (Å²) in [5, 5.41) is 5.90. The van der Waals surface area contributed by atoms with Gasteiger partial charge in [0.25, 0.3) is 5.91 Å². The number of aromatic nitrogens is 1. The van der Waals surface area contributed by atoms with Crippen LogP contribution in [0, 0.1) is 5.82 Å². The normalized spacial score (nSPS) is 10.4. The van der Waals surface area contributed by atoms with Crippen LogP contribution in [-0.2, 0) is 0 Å². The van der Waals surface area contributed by atoms with Crippen LogP contribution in [0.5, 0.6) is 11.5 Å². The number of fused-ring (bicyclic) bond motifs is 1. The molecule has 0 bridgehead atoms. The average molecular weight is 391 g/mol. The number of thiocarbonyl (C=S) groups is 1. The van der Waals surface area contributed by atoms with E-state index in [0.717, 1.165) is 0 Å². The second-order valence-corrected chi connectivity index (χ2v) is 6.52. The molecule has 0 saturated carbocycles. The minimum absolute atomic E-state index is 0.0579. The van der Waals surface area contributed by atoms with Crippen LogP contribution in [0.25, 0.3) is 10.2 Å². The summed E-state index contributed by atoms with van der Waals surface area (Å²) >= 11 is 6.40. The lowest BCUT2D eigenvalue weighted by atomic mass is 10.1. The third kappa shape index (κ3) is 3.73. The van der Waals surface area contributed by atoms with Crippen molar-refractivity contribution < 1.29 is 18.7 Å². The Bertz CT molecular complexity index is 968. The number of carbonyl (C=O) groups excluding carboxylic acids is 1. The maximum atomic E-state index is 13.3. The first-order valence-electron chi connectivity index (χ1n) is 7.41. The number of benzene rings is 2. The lowest BCUT2D eigenvalue weighted by molar-refractivity contribution is 0.0971. The van der Waals surface area contributed by atoms with E-state index < -0.39 is 5.91 Å². The lowest BCUT2D eigenvalue weighted by Gasteiger charge is -2.13. The van der Waals surface area contributed by atoms with Crippen molar-refractivity contribution in [3.63, 3.8) is 0 Å². The molecule has 3 aromatic rings. The topological polar surface area (TPSA) is 72.5 Å². The summed E-state index contributed by atoms with van der Waals surface area (Å²) in [6, 6.07) is 9.31. The number of methoxy groups -OCH3 is 2. The minimum Gasteiger partial charge on any atom is -0.496 e. The summed E-state index contributed by atoms with van der Waals surface area (Å²) < 4.78 is 24.4. The van der Waals surface area contributed by atoms with E-state index in [4.69, 9.17) is 21.7 Å². The van der Waals surface area contributed by atoms with Gasteiger partial charge < -0.3 is 14.8 Å². The van der Waals surface area contributed by atoms with E-state index in [-0.39, 0.29) is 16.5 Å². The highest BCUT2D eigenvalue weighted by molar-refractivity contribution is 7.80. The number of carbonyl (C=O) groups is 1. The third-order valence-electron chi connectivity index (χ3n) is 3.45. The number of thiazole rings is 1. The van der Waals surface area contributed by atoms with Crippen molar-refractivity contribution in [3.05, 3.63) is 47.8 Å². The monoisotopic (exact) mass is 391 g/mol. The molecule has 0 saturated heterocycles. The average Bonchev–Trinajstić information content (AvgIpc) is 3.01. The number of ether oxygens (including phenoxy) is 2. The van der Waals surface area contributed by atoms with Gasteiger partial charge in [-0.1, -0.05) is 17.4 Å². The van der Waals surface area contributed by atoms with E-state index in [0.29, 0.717) is 26.8 Å². The minimum atomic E-state index is -0.482. The summed E-state index contributed by atoms with van der Waals surface area (Å²) in [6.07, 6.45) is 0. The number of anilines is 1. The van der Waals surface area contributed by atoms with Gasteiger partial charge >= 0.3 is 0 Å². The van der Waals surface area contributed by atoms with Gasteiger partial charge in [-0.05, 0) is 42.5 Å². The molecule has 0 radical (unpaired) electrons. The molecule has 134 valence electrons. The standard InChI is InChI=1S/C17H14FN3O3S2/c1-23-11-4-3-5-12(24-2)14(11)15(22)20-16(25)21-17-19-10-7-6-9(18)8-13(10)26-17/h3-8H,1-2H3,(H2,19,20,21,22,25). The van der Waals surface area contributed by atoms with Gasteiger partial charge in [0.15, 0.2) is 10.2 Å². The first-order chi connectivity index (χ1) is 12.5. The molecule has 1 heterocycles. The fraction of sp³-hybridized carbons (Fsp3) is 0.118. The Morgan fingerprint density at radius 3 is 2.54 bits per heavy atom. The highest BCUT2D eigenvalue weighted by Crippen LogP contribution is 2.28. The van der Waals surface area contributed by atoms with Crippen molar-refractivity contribution in [2.24, 2.45) is 0 Å². The molecular weight excluding hydrogens is 377 g/mol. The predicted molar refractivity (Wildman–Crippen MR) is 103 cm³/mol. The van der Waals surface area contributed by atoms with E-state index in [1.807, 2.05) is 0 Å². The maximum Gasteiger partial charge on any atom is 0.264 e. The van der Waals surface area contributed by atoms with Crippen LogP contribution in [0.15, 0.2) is 36.4 Å². The predicted octanol–water partition coefficient (Wildman–Crippen LogP) is 3.58. The van der Waals surface area contributed by atoms with E-state index in [1.165, 1.54) is 37.7 Å². The third-order valence-corrected chi connectivity index (χ3v) is 4.59. The molecule has 1 amide bonds. The van der Waals surface area contributed by atoms with E-state index in [1.54, 1.807) is 24.3 Å². The Labute approximate surface area is 158 Å². The molecule has 6 nitrogen and oxygen atoms in total. The van der Waals surface area contributed by atoms with Crippen LogP contribution in [-0.4, -0.2) is 30.2 Å². The second kappa shape index (κ2) is 7.63. The first-order valence-corrected chi connectivity index (χ1v) is 8.63. The smallest absolute Gasteiger partial charge is 0.264 e. The number of hydrogen-bond acceptors (Lipinski definition) is 6. The summed E-state index contributed by atoms with van der Waals surface area (Å²) in [6.45, 7) is 0. The highest BCUT2D eigenvalue weighted by atomic mass is 32.1.